The fourth-order valence-corrected chi connectivity index (χ4v) is 3.09. The van der Waals surface area contributed by atoms with Crippen LogP contribution in [0.15, 0.2) is 17.0 Å². The van der Waals surface area contributed by atoms with Gasteiger partial charge in [0.15, 0.2) is 0 Å². The number of benzene rings is 1. The van der Waals surface area contributed by atoms with Gasteiger partial charge in [0.25, 0.3) is 10.1 Å². The van der Waals surface area contributed by atoms with Crippen LogP contribution >= 0.6 is 0 Å². The Kier molecular flexibility index (Phi) is 3.54. The van der Waals surface area contributed by atoms with Crippen LogP contribution < -0.4 is 0 Å². The molecule has 1 aliphatic rings. The van der Waals surface area contributed by atoms with Crippen molar-refractivity contribution in [3.8, 4) is 0 Å². The predicted octanol–water partition coefficient (Wildman–Crippen LogP) is 2.76. The monoisotopic (exact) mass is 254 g/mol. The van der Waals surface area contributed by atoms with Crippen molar-refractivity contribution in [2.75, 3.05) is 0 Å². The van der Waals surface area contributed by atoms with Gasteiger partial charge in [-0.2, -0.15) is 8.42 Å². The topological polar surface area (TPSA) is 54.4 Å². The Morgan fingerprint density at radius 2 is 2.06 bits per heavy atom. The van der Waals surface area contributed by atoms with Gasteiger partial charge in [0.2, 0.25) is 0 Å². The molecule has 94 valence electrons. The maximum Gasteiger partial charge on any atom is 0.294 e. The second-order valence-corrected chi connectivity index (χ2v) is 6.07. The van der Waals surface area contributed by atoms with Crippen LogP contribution in [0.5, 0.6) is 0 Å². The van der Waals surface area contributed by atoms with E-state index in [1.807, 2.05) is 0 Å². The fourth-order valence-electron chi connectivity index (χ4n) is 2.50. The number of rotatable bonds is 4. The number of fused-ring (bicyclic) bond motifs is 1. The second-order valence-electron chi connectivity index (χ2n) is 4.65. The first-order chi connectivity index (χ1) is 8.02. The molecule has 0 saturated heterocycles. The van der Waals surface area contributed by atoms with Crippen LogP contribution in [0.2, 0.25) is 0 Å². The van der Waals surface area contributed by atoms with E-state index in [-0.39, 0.29) is 4.90 Å². The Bertz CT molecular complexity index is 518. The van der Waals surface area contributed by atoms with E-state index in [1.165, 1.54) is 5.56 Å². The zero-order valence-corrected chi connectivity index (χ0v) is 10.9. The highest BCUT2D eigenvalue weighted by atomic mass is 32.2. The van der Waals surface area contributed by atoms with Crippen LogP contribution in [-0.2, 0) is 29.4 Å². The summed E-state index contributed by atoms with van der Waals surface area (Å²) >= 11 is 0. The van der Waals surface area contributed by atoms with Gasteiger partial charge in [-0.25, -0.2) is 0 Å². The smallest absolute Gasteiger partial charge is 0.282 e. The molecule has 4 heteroatoms. The summed E-state index contributed by atoms with van der Waals surface area (Å²) in [5, 5.41) is 0. The third-order valence-corrected chi connectivity index (χ3v) is 4.21. The highest BCUT2D eigenvalue weighted by Gasteiger charge is 2.20. The van der Waals surface area contributed by atoms with Gasteiger partial charge >= 0.3 is 0 Å². The van der Waals surface area contributed by atoms with Crippen molar-refractivity contribution in [2.24, 2.45) is 0 Å². The molecule has 17 heavy (non-hydrogen) atoms. The minimum atomic E-state index is -4.07. The maximum atomic E-state index is 11.2. The van der Waals surface area contributed by atoms with Crippen molar-refractivity contribution >= 4 is 10.1 Å². The van der Waals surface area contributed by atoms with Gasteiger partial charge in [-0.1, -0.05) is 13.3 Å². The Labute approximate surface area is 103 Å². The van der Waals surface area contributed by atoms with E-state index in [4.69, 9.17) is 4.55 Å². The molecule has 0 atom stereocenters. The molecule has 3 nitrogen and oxygen atoms in total. The zero-order valence-electron chi connectivity index (χ0n) is 10.1. The lowest BCUT2D eigenvalue weighted by molar-refractivity contribution is 0.483. The Balaban J connectivity index is 2.46. The van der Waals surface area contributed by atoms with Crippen molar-refractivity contribution in [1.82, 2.24) is 0 Å². The maximum absolute atomic E-state index is 11.2. The van der Waals surface area contributed by atoms with E-state index in [0.717, 1.165) is 49.7 Å². The predicted molar refractivity (Wildman–Crippen MR) is 66.9 cm³/mol. The number of aryl methyl sites for hydroxylation is 2. The molecule has 1 aliphatic carbocycles. The fraction of sp³-hybridized carbons (Fsp3) is 0.538. The number of unbranched alkanes of at least 4 members (excludes halogenated alkanes) is 1. The molecule has 0 bridgehead atoms. The molecule has 1 N–H and O–H groups in total. The zero-order chi connectivity index (χ0) is 12.5. The largest absolute Gasteiger partial charge is 0.294 e. The van der Waals surface area contributed by atoms with E-state index < -0.39 is 10.1 Å². The van der Waals surface area contributed by atoms with Gasteiger partial charge in [-0.15, -0.1) is 0 Å². The average Bonchev–Trinajstić information content (AvgIpc) is 2.72. The summed E-state index contributed by atoms with van der Waals surface area (Å²) in [5.74, 6) is 0. The van der Waals surface area contributed by atoms with Crippen LogP contribution in [0.3, 0.4) is 0 Å². The van der Waals surface area contributed by atoms with Gasteiger partial charge in [0.05, 0.1) is 4.90 Å². The van der Waals surface area contributed by atoms with E-state index >= 15 is 0 Å². The lowest BCUT2D eigenvalue weighted by Gasteiger charge is -2.10. The quantitative estimate of drug-likeness (QED) is 0.841. The molecular weight excluding hydrogens is 236 g/mol. The minimum Gasteiger partial charge on any atom is -0.282 e. The first-order valence-electron chi connectivity index (χ1n) is 6.14. The lowest BCUT2D eigenvalue weighted by atomic mass is 9.99. The summed E-state index contributed by atoms with van der Waals surface area (Å²) in [4.78, 5) is 0.0595. The molecule has 0 spiro atoms. The molecule has 0 saturated carbocycles. The molecule has 2 rings (SSSR count). The van der Waals surface area contributed by atoms with Crippen molar-refractivity contribution in [2.45, 2.75) is 50.3 Å². The third kappa shape index (κ3) is 2.69. The van der Waals surface area contributed by atoms with Gasteiger partial charge in [-0.3, -0.25) is 4.55 Å². The Morgan fingerprint density at radius 1 is 1.29 bits per heavy atom. The first-order valence-corrected chi connectivity index (χ1v) is 7.58. The first kappa shape index (κ1) is 12.6. The highest BCUT2D eigenvalue weighted by Crippen LogP contribution is 2.29. The van der Waals surface area contributed by atoms with E-state index in [0.29, 0.717) is 0 Å². The van der Waals surface area contributed by atoms with Gasteiger partial charge in [0, 0.05) is 0 Å². The van der Waals surface area contributed by atoms with Crippen molar-refractivity contribution in [3.05, 3.63) is 28.8 Å². The van der Waals surface area contributed by atoms with Crippen molar-refractivity contribution < 1.29 is 13.0 Å². The van der Waals surface area contributed by atoms with E-state index in [2.05, 4.69) is 6.92 Å². The summed E-state index contributed by atoms with van der Waals surface area (Å²) in [6.07, 6.45) is 6.11. The molecule has 0 heterocycles. The summed E-state index contributed by atoms with van der Waals surface area (Å²) in [6, 6.07) is 3.28. The standard InChI is InChI=1S/C13H18O3S/c1-2-3-5-10-8-12(17(14,15)16)9-11-6-4-7-13(10)11/h8-9H,2-7H2,1H3,(H,14,15,16). The van der Waals surface area contributed by atoms with E-state index in [9.17, 15) is 8.42 Å². The van der Waals surface area contributed by atoms with Gasteiger partial charge in [-0.05, 0) is 60.9 Å². The molecule has 0 aliphatic heterocycles. The molecule has 1 aromatic rings. The number of hydrogen-bond donors (Lipinski definition) is 1. The highest BCUT2D eigenvalue weighted by molar-refractivity contribution is 7.85. The second kappa shape index (κ2) is 4.78. The molecule has 0 amide bonds. The van der Waals surface area contributed by atoms with Crippen LogP contribution in [0, 0.1) is 0 Å². The summed E-state index contributed by atoms with van der Waals surface area (Å²) < 4.78 is 31.6. The molecule has 0 radical (unpaired) electrons. The van der Waals surface area contributed by atoms with Gasteiger partial charge in [0.1, 0.15) is 0 Å². The Hall–Kier alpha value is -0.870. The third-order valence-electron chi connectivity index (χ3n) is 3.38. The lowest BCUT2D eigenvalue weighted by Crippen LogP contribution is -2.03. The molecule has 1 aromatic carbocycles. The van der Waals surface area contributed by atoms with Crippen molar-refractivity contribution in [3.63, 3.8) is 0 Å². The van der Waals surface area contributed by atoms with Gasteiger partial charge < -0.3 is 0 Å². The molecule has 0 unspecified atom stereocenters. The average molecular weight is 254 g/mol. The molecular formula is C13H18O3S. The molecule has 0 fully saturated rings. The van der Waals surface area contributed by atoms with Crippen LogP contribution in [-0.4, -0.2) is 13.0 Å². The van der Waals surface area contributed by atoms with Crippen molar-refractivity contribution in [1.29, 1.82) is 0 Å². The SMILES string of the molecule is CCCCc1cc(S(=O)(=O)O)cc2c1CCC2. The van der Waals surface area contributed by atoms with Crippen LogP contribution in [0.4, 0.5) is 0 Å². The summed E-state index contributed by atoms with van der Waals surface area (Å²) in [7, 11) is -4.07. The van der Waals surface area contributed by atoms with Crippen LogP contribution in [0.1, 0.15) is 42.9 Å². The summed E-state index contributed by atoms with van der Waals surface area (Å²) in [5.41, 5.74) is 3.52. The number of hydrogen-bond acceptors (Lipinski definition) is 2. The molecule has 0 aromatic heterocycles. The van der Waals surface area contributed by atoms with E-state index in [1.54, 1.807) is 12.1 Å². The van der Waals surface area contributed by atoms with Crippen LogP contribution in [0.25, 0.3) is 0 Å². The normalized spacial score (nSPS) is 14.9. The minimum absolute atomic E-state index is 0.0595. The Morgan fingerprint density at radius 3 is 2.71 bits per heavy atom. The summed E-state index contributed by atoms with van der Waals surface area (Å²) in [6.45, 7) is 2.12.